The molecule has 0 spiro atoms. The lowest BCUT2D eigenvalue weighted by Gasteiger charge is -2.13. The molecule has 0 aromatic heterocycles. The molecule has 1 atom stereocenters. The van der Waals surface area contributed by atoms with Crippen LogP contribution in [0, 0.1) is 0 Å². The van der Waals surface area contributed by atoms with E-state index < -0.39 is 5.91 Å². The lowest BCUT2D eigenvalue weighted by atomic mass is 10.1. The Hall–Kier alpha value is -3.23. The van der Waals surface area contributed by atoms with Crippen molar-refractivity contribution in [2.75, 3.05) is 13.1 Å². The molecule has 2 aromatic carbocycles. The Bertz CT molecular complexity index is 957. The van der Waals surface area contributed by atoms with Gasteiger partial charge in [-0.3, -0.25) is 9.79 Å². The molecule has 1 amide bonds. The zero-order valence-electron chi connectivity index (χ0n) is 16.5. The topological polar surface area (TPSA) is 120 Å². The maximum atomic E-state index is 12.1. The van der Waals surface area contributed by atoms with Gasteiger partial charge < -0.3 is 21.9 Å². The summed E-state index contributed by atoms with van der Waals surface area (Å²) in [6.07, 6.45) is 0.832. The number of amides is 1. The quantitative estimate of drug-likeness (QED) is 0.260. The number of aliphatic imine (C=N–C) groups is 1. The molecule has 2 aromatic rings. The van der Waals surface area contributed by atoms with Gasteiger partial charge in [0.05, 0.1) is 11.7 Å². The molecule has 0 aliphatic carbocycles. The Balaban J connectivity index is 1.79. The second-order valence-corrected chi connectivity index (χ2v) is 7.77. The van der Waals surface area contributed by atoms with Gasteiger partial charge in [0.2, 0.25) is 0 Å². The number of para-hydroxylation sites is 1. The van der Waals surface area contributed by atoms with Gasteiger partial charge in [-0.2, -0.15) is 0 Å². The molecular weight excluding hydrogens is 398 g/mol. The van der Waals surface area contributed by atoms with Crippen LogP contribution in [-0.4, -0.2) is 35.2 Å². The molecule has 1 aliphatic rings. The third kappa shape index (κ3) is 5.43. The molecule has 8 heteroatoms. The molecule has 1 heterocycles. The van der Waals surface area contributed by atoms with Crippen molar-refractivity contribution in [3.8, 4) is 11.5 Å². The molecule has 0 bridgehead atoms. The number of nitrogens with zero attached hydrogens (tertiary/aromatic N) is 2. The molecule has 6 N–H and O–H groups in total. The van der Waals surface area contributed by atoms with Gasteiger partial charge in [-0.05, 0) is 53.8 Å². The van der Waals surface area contributed by atoms with E-state index >= 15 is 0 Å². The SMILES string of the molecule is C=CSN1CCC(N=C(N)C(C(N)=O)=C(N)c2ccc(Oc3ccccc3)cc2)C1. The number of rotatable bonds is 8. The fraction of sp³-hybridized carbons (Fsp3) is 0.182. The molecule has 3 rings (SSSR count). The summed E-state index contributed by atoms with van der Waals surface area (Å²) in [4.78, 5) is 16.6. The van der Waals surface area contributed by atoms with Crippen molar-refractivity contribution in [3.05, 3.63) is 77.7 Å². The van der Waals surface area contributed by atoms with E-state index in [9.17, 15) is 4.79 Å². The van der Waals surface area contributed by atoms with Crippen LogP contribution in [0.3, 0.4) is 0 Å². The lowest BCUT2D eigenvalue weighted by molar-refractivity contribution is -0.114. The minimum absolute atomic E-state index is 0.0266. The van der Waals surface area contributed by atoms with Gasteiger partial charge in [-0.25, -0.2) is 4.31 Å². The highest BCUT2D eigenvalue weighted by Gasteiger charge is 2.24. The predicted molar refractivity (Wildman–Crippen MR) is 123 cm³/mol. The first kappa shape index (κ1) is 21.5. The normalized spacial score (nSPS) is 18.0. The first-order valence-corrected chi connectivity index (χ1v) is 10.3. The Kier molecular flexibility index (Phi) is 7.16. The number of hydrogen-bond donors (Lipinski definition) is 3. The molecule has 156 valence electrons. The van der Waals surface area contributed by atoms with Gasteiger partial charge in [0.1, 0.15) is 22.9 Å². The van der Waals surface area contributed by atoms with Crippen LogP contribution >= 0.6 is 11.9 Å². The Morgan fingerprint density at radius 1 is 1.10 bits per heavy atom. The highest BCUT2D eigenvalue weighted by Crippen LogP contribution is 2.24. The van der Waals surface area contributed by atoms with Crippen molar-refractivity contribution in [2.45, 2.75) is 12.5 Å². The van der Waals surface area contributed by atoms with E-state index in [0.29, 0.717) is 11.3 Å². The van der Waals surface area contributed by atoms with Crippen LogP contribution < -0.4 is 21.9 Å². The number of carbonyl (C=O) groups is 1. The van der Waals surface area contributed by atoms with Gasteiger partial charge in [0.25, 0.3) is 5.91 Å². The van der Waals surface area contributed by atoms with Crippen molar-refractivity contribution >= 4 is 29.4 Å². The molecule has 7 nitrogen and oxygen atoms in total. The summed E-state index contributed by atoms with van der Waals surface area (Å²) in [5.41, 5.74) is 18.8. The summed E-state index contributed by atoms with van der Waals surface area (Å²) in [5, 5.41) is 1.77. The van der Waals surface area contributed by atoms with Crippen molar-refractivity contribution in [1.82, 2.24) is 4.31 Å². The fourth-order valence-corrected chi connectivity index (χ4v) is 3.83. The summed E-state index contributed by atoms with van der Waals surface area (Å²) < 4.78 is 7.91. The standard InChI is InChI=1S/C22H25N5O2S/c1-2-30-27-13-12-16(14-27)26-21(24)19(22(25)28)20(23)15-8-10-18(11-9-15)29-17-6-4-3-5-7-17/h2-11,16H,1,12-14,23H2,(H2,24,26)(H2,25,28). The van der Waals surface area contributed by atoms with Crippen LogP contribution in [0.2, 0.25) is 0 Å². The highest BCUT2D eigenvalue weighted by atomic mass is 32.2. The average molecular weight is 424 g/mol. The van der Waals surface area contributed by atoms with Crippen LogP contribution in [0.15, 0.2) is 77.1 Å². The first-order valence-electron chi connectivity index (χ1n) is 9.47. The Labute approximate surface area is 180 Å². The van der Waals surface area contributed by atoms with Crippen molar-refractivity contribution in [1.29, 1.82) is 0 Å². The third-order valence-corrected chi connectivity index (χ3v) is 5.37. The van der Waals surface area contributed by atoms with Gasteiger partial charge in [0, 0.05) is 13.1 Å². The largest absolute Gasteiger partial charge is 0.457 e. The minimum Gasteiger partial charge on any atom is -0.457 e. The predicted octanol–water partition coefficient (Wildman–Crippen LogP) is 2.86. The maximum Gasteiger partial charge on any atom is 0.254 e. The third-order valence-electron chi connectivity index (χ3n) is 4.59. The molecule has 1 fully saturated rings. The molecule has 0 radical (unpaired) electrons. The Morgan fingerprint density at radius 3 is 2.40 bits per heavy atom. The molecular formula is C22H25N5O2S. The van der Waals surface area contributed by atoms with Crippen LogP contribution in [0.25, 0.3) is 5.70 Å². The summed E-state index contributed by atoms with van der Waals surface area (Å²) in [7, 11) is 0. The van der Waals surface area contributed by atoms with Gasteiger partial charge in [-0.15, -0.1) is 0 Å². The maximum absolute atomic E-state index is 12.1. The summed E-state index contributed by atoms with van der Waals surface area (Å²) in [5.74, 6) is 0.711. The monoisotopic (exact) mass is 423 g/mol. The van der Waals surface area contributed by atoms with E-state index in [-0.39, 0.29) is 23.1 Å². The Morgan fingerprint density at radius 2 is 1.77 bits per heavy atom. The zero-order valence-corrected chi connectivity index (χ0v) is 17.3. The molecule has 1 unspecified atom stereocenters. The van der Waals surface area contributed by atoms with Gasteiger partial charge in [-0.1, -0.05) is 36.7 Å². The number of carbonyl (C=O) groups excluding carboxylic acids is 1. The zero-order chi connectivity index (χ0) is 21.5. The van der Waals surface area contributed by atoms with Gasteiger partial charge >= 0.3 is 0 Å². The summed E-state index contributed by atoms with van der Waals surface area (Å²) >= 11 is 1.54. The van der Waals surface area contributed by atoms with Crippen LogP contribution in [0.4, 0.5) is 0 Å². The minimum atomic E-state index is -0.714. The number of nitrogens with two attached hydrogens (primary N) is 3. The van der Waals surface area contributed by atoms with E-state index in [0.717, 1.165) is 25.3 Å². The molecule has 30 heavy (non-hydrogen) atoms. The number of primary amides is 1. The number of ether oxygens (including phenoxy) is 1. The van der Waals surface area contributed by atoms with E-state index in [1.54, 1.807) is 29.7 Å². The lowest BCUT2D eigenvalue weighted by Crippen LogP contribution is -2.31. The smallest absolute Gasteiger partial charge is 0.254 e. The van der Waals surface area contributed by atoms with Crippen molar-refractivity contribution < 1.29 is 9.53 Å². The highest BCUT2D eigenvalue weighted by molar-refractivity contribution is 7.99. The number of hydrogen-bond acceptors (Lipinski definition) is 6. The van der Waals surface area contributed by atoms with E-state index in [4.69, 9.17) is 21.9 Å². The number of amidine groups is 1. The first-order chi connectivity index (χ1) is 14.5. The molecule has 1 aliphatic heterocycles. The van der Waals surface area contributed by atoms with Gasteiger partial charge in [0.15, 0.2) is 0 Å². The molecule has 0 saturated carbocycles. The molecule has 1 saturated heterocycles. The van der Waals surface area contributed by atoms with E-state index in [1.165, 1.54) is 11.9 Å². The van der Waals surface area contributed by atoms with Crippen molar-refractivity contribution in [2.24, 2.45) is 22.2 Å². The summed E-state index contributed by atoms with van der Waals surface area (Å²) in [6.45, 7) is 5.30. The second-order valence-electron chi connectivity index (χ2n) is 6.71. The van der Waals surface area contributed by atoms with E-state index in [1.807, 2.05) is 30.3 Å². The average Bonchev–Trinajstić information content (AvgIpc) is 3.16. The second kappa shape index (κ2) is 10.00. The summed E-state index contributed by atoms with van der Waals surface area (Å²) in [6, 6.07) is 16.4. The van der Waals surface area contributed by atoms with E-state index in [2.05, 4.69) is 15.9 Å². The number of benzene rings is 2. The fourth-order valence-electron chi connectivity index (χ4n) is 3.15. The van der Waals surface area contributed by atoms with Crippen LogP contribution in [0.1, 0.15) is 12.0 Å². The van der Waals surface area contributed by atoms with Crippen molar-refractivity contribution in [3.63, 3.8) is 0 Å². The van der Waals surface area contributed by atoms with Crippen LogP contribution in [0.5, 0.6) is 11.5 Å². The van der Waals surface area contributed by atoms with Crippen LogP contribution in [-0.2, 0) is 4.79 Å².